The second-order valence-corrected chi connectivity index (χ2v) is 3.95. The van der Waals surface area contributed by atoms with Gasteiger partial charge in [-0.1, -0.05) is 6.92 Å². The van der Waals surface area contributed by atoms with Crippen LogP contribution in [0.15, 0.2) is 6.20 Å². The van der Waals surface area contributed by atoms with Gasteiger partial charge in [-0.2, -0.15) is 0 Å². The summed E-state index contributed by atoms with van der Waals surface area (Å²) in [6, 6.07) is 0. The quantitative estimate of drug-likeness (QED) is 0.814. The Bertz CT molecular complexity index is 386. The molecule has 1 saturated carbocycles. The Hall–Kier alpha value is -1.45. The fourth-order valence-corrected chi connectivity index (χ4v) is 1.59. The van der Waals surface area contributed by atoms with E-state index in [2.05, 4.69) is 9.97 Å². The summed E-state index contributed by atoms with van der Waals surface area (Å²) in [4.78, 5) is 19.2. The summed E-state index contributed by atoms with van der Waals surface area (Å²) in [6.45, 7) is 1.91. The van der Waals surface area contributed by atoms with Crippen LogP contribution >= 0.6 is 0 Å². The topological polar surface area (TPSA) is 63.1 Å². The lowest BCUT2D eigenvalue weighted by molar-refractivity contribution is 0.0694. The van der Waals surface area contributed by atoms with E-state index >= 15 is 0 Å². The minimum Gasteiger partial charge on any atom is -0.478 e. The zero-order valence-electron chi connectivity index (χ0n) is 8.73. The Morgan fingerprint density at radius 3 is 2.87 bits per heavy atom. The van der Waals surface area contributed by atoms with E-state index in [1.807, 2.05) is 6.92 Å². The van der Waals surface area contributed by atoms with Crippen LogP contribution in [0.3, 0.4) is 0 Å². The molecule has 0 aromatic carbocycles. The van der Waals surface area contributed by atoms with E-state index in [1.54, 1.807) is 0 Å². The molecule has 1 aliphatic carbocycles. The maximum atomic E-state index is 10.8. The van der Waals surface area contributed by atoms with Crippen molar-refractivity contribution in [3.05, 3.63) is 23.3 Å². The average Bonchev–Trinajstić information content (AvgIpc) is 3.01. The lowest BCUT2D eigenvalue weighted by Gasteiger charge is -2.04. The molecule has 0 bridgehead atoms. The lowest BCUT2D eigenvalue weighted by Crippen LogP contribution is -2.08. The molecule has 0 unspecified atom stereocenters. The van der Waals surface area contributed by atoms with Gasteiger partial charge < -0.3 is 5.11 Å². The molecule has 15 heavy (non-hydrogen) atoms. The molecule has 1 aliphatic rings. The largest absolute Gasteiger partial charge is 0.478 e. The van der Waals surface area contributed by atoms with Crippen molar-refractivity contribution < 1.29 is 9.90 Å². The Labute approximate surface area is 88.4 Å². The highest BCUT2D eigenvalue weighted by molar-refractivity contribution is 5.88. The third kappa shape index (κ3) is 2.32. The summed E-state index contributed by atoms with van der Waals surface area (Å²) in [5.41, 5.74) is 0.880. The van der Waals surface area contributed by atoms with Crippen molar-refractivity contribution in [1.29, 1.82) is 0 Å². The van der Waals surface area contributed by atoms with Gasteiger partial charge >= 0.3 is 5.97 Å². The number of aromatic nitrogens is 2. The maximum Gasteiger partial charge on any atom is 0.339 e. The first kappa shape index (κ1) is 10.1. The second-order valence-electron chi connectivity index (χ2n) is 3.95. The van der Waals surface area contributed by atoms with Crippen LogP contribution in [0, 0.1) is 5.92 Å². The Balaban J connectivity index is 2.24. The maximum absolute atomic E-state index is 10.8. The molecule has 80 valence electrons. The normalized spacial score (nSPS) is 15.3. The van der Waals surface area contributed by atoms with Crippen molar-refractivity contribution in [2.45, 2.75) is 32.6 Å². The highest BCUT2D eigenvalue weighted by Crippen LogP contribution is 2.31. The molecule has 1 fully saturated rings. The molecule has 1 aromatic rings. The molecule has 0 aliphatic heterocycles. The van der Waals surface area contributed by atoms with Crippen molar-refractivity contribution in [3.8, 4) is 0 Å². The van der Waals surface area contributed by atoms with E-state index in [9.17, 15) is 4.79 Å². The third-order valence-electron chi connectivity index (χ3n) is 2.65. The predicted molar refractivity (Wildman–Crippen MR) is 54.8 cm³/mol. The lowest BCUT2D eigenvalue weighted by atomic mass is 10.2. The Morgan fingerprint density at radius 2 is 2.33 bits per heavy atom. The summed E-state index contributed by atoms with van der Waals surface area (Å²) in [7, 11) is 0. The summed E-state index contributed by atoms with van der Waals surface area (Å²) >= 11 is 0. The van der Waals surface area contributed by atoms with Gasteiger partial charge in [0.15, 0.2) is 0 Å². The molecule has 1 N–H and O–H groups in total. The van der Waals surface area contributed by atoms with Crippen molar-refractivity contribution in [2.75, 3.05) is 0 Å². The van der Waals surface area contributed by atoms with Crippen LogP contribution in [-0.2, 0) is 12.8 Å². The van der Waals surface area contributed by atoms with Crippen LogP contribution in [0.25, 0.3) is 0 Å². The number of carboxylic acids is 1. The number of nitrogens with zero attached hydrogens (tertiary/aromatic N) is 2. The highest BCUT2D eigenvalue weighted by Gasteiger charge is 2.23. The number of rotatable bonds is 4. The van der Waals surface area contributed by atoms with Crippen LogP contribution in [0.5, 0.6) is 0 Å². The van der Waals surface area contributed by atoms with Gasteiger partial charge in [-0.3, -0.25) is 0 Å². The zero-order chi connectivity index (χ0) is 10.8. The Morgan fingerprint density at radius 1 is 1.60 bits per heavy atom. The number of carboxylic acid groups (broad SMARTS) is 1. The molecule has 0 saturated heterocycles. The van der Waals surface area contributed by atoms with E-state index < -0.39 is 5.97 Å². The van der Waals surface area contributed by atoms with Gasteiger partial charge in [0, 0.05) is 12.6 Å². The molecular weight excluding hydrogens is 192 g/mol. The predicted octanol–water partition coefficient (Wildman–Crippen LogP) is 1.69. The first-order chi connectivity index (χ1) is 7.20. The Kier molecular flexibility index (Phi) is 2.66. The molecule has 1 aromatic heterocycles. The van der Waals surface area contributed by atoms with Crippen molar-refractivity contribution in [3.63, 3.8) is 0 Å². The van der Waals surface area contributed by atoms with E-state index in [4.69, 9.17) is 5.11 Å². The van der Waals surface area contributed by atoms with Gasteiger partial charge in [0.25, 0.3) is 0 Å². The standard InChI is InChI=1S/C11H14N2O2/c1-2-9-8(11(14)15)6-12-10(13-9)5-7-3-4-7/h6-7H,2-5H2,1H3,(H,14,15). The molecule has 0 atom stereocenters. The van der Waals surface area contributed by atoms with E-state index in [0.717, 1.165) is 18.2 Å². The first-order valence-corrected chi connectivity index (χ1v) is 5.28. The molecule has 1 heterocycles. The molecule has 4 nitrogen and oxygen atoms in total. The molecule has 2 rings (SSSR count). The van der Waals surface area contributed by atoms with Gasteiger partial charge in [-0.25, -0.2) is 14.8 Å². The first-order valence-electron chi connectivity index (χ1n) is 5.28. The number of aryl methyl sites for hydroxylation is 1. The van der Waals surface area contributed by atoms with Gasteiger partial charge in [0.2, 0.25) is 0 Å². The third-order valence-corrected chi connectivity index (χ3v) is 2.65. The highest BCUT2D eigenvalue weighted by atomic mass is 16.4. The van der Waals surface area contributed by atoms with E-state index in [1.165, 1.54) is 19.0 Å². The molecule has 4 heteroatoms. The van der Waals surface area contributed by atoms with Crippen molar-refractivity contribution in [2.24, 2.45) is 5.92 Å². The number of hydrogen-bond acceptors (Lipinski definition) is 3. The summed E-state index contributed by atoms with van der Waals surface area (Å²) in [5, 5.41) is 8.90. The summed E-state index contributed by atoms with van der Waals surface area (Å²) in [5.74, 6) is 0.578. The van der Waals surface area contributed by atoms with Crippen LogP contribution < -0.4 is 0 Å². The van der Waals surface area contributed by atoms with Crippen LogP contribution in [0.2, 0.25) is 0 Å². The summed E-state index contributed by atoms with van der Waals surface area (Å²) in [6.07, 6.45) is 5.48. The minimum atomic E-state index is -0.940. The molecule has 0 radical (unpaired) electrons. The fraction of sp³-hybridized carbons (Fsp3) is 0.545. The summed E-state index contributed by atoms with van der Waals surface area (Å²) < 4.78 is 0. The smallest absolute Gasteiger partial charge is 0.339 e. The van der Waals surface area contributed by atoms with Gasteiger partial charge in [-0.15, -0.1) is 0 Å². The molecular formula is C11H14N2O2. The van der Waals surface area contributed by atoms with Crippen molar-refractivity contribution in [1.82, 2.24) is 9.97 Å². The van der Waals surface area contributed by atoms with Gasteiger partial charge in [0.05, 0.1) is 11.3 Å². The van der Waals surface area contributed by atoms with Crippen LogP contribution in [0.4, 0.5) is 0 Å². The van der Waals surface area contributed by atoms with Gasteiger partial charge in [0.1, 0.15) is 5.82 Å². The minimum absolute atomic E-state index is 0.233. The number of hydrogen-bond donors (Lipinski definition) is 1. The van der Waals surface area contributed by atoms with Gasteiger partial charge in [-0.05, 0) is 25.2 Å². The fourth-order valence-electron chi connectivity index (χ4n) is 1.59. The van der Waals surface area contributed by atoms with Crippen LogP contribution in [-0.4, -0.2) is 21.0 Å². The molecule has 0 amide bonds. The van der Waals surface area contributed by atoms with Crippen LogP contribution in [0.1, 0.15) is 41.6 Å². The number of aromatic carboxylic acids is 1. The number of carbonyl (C=O) groups is 1. The SMILES string of the molecule is CCc1nc(CC2CC2)ncc1C(=O)O. The zero-order valence-corrected chi connectivity index (χ0v) is 8.73. The van der Waals surface area contributed by atoms with E-state index in [-0.39, 0.29) is 5.56 Å². The molecule has 0 spiro atoms. The average molecular weight is 206 g/mol. The monoisotopic (exact) mass is 206 g/mol. The second kappa shape index (κ2) is 3.96. The van der Waals surface area contributed by atoms with Crippen molar-refractivity contribution >= 4 is 5.97 Å². The van der Waals surface area contributed by atoms with E-state index in [0.29, 0.717) is 12.1 Å².